The third-order valence-corrected chi connectivity index (χ3v) is 4.34. The second kappa shape index (κ2) is 17.7. The van der Waals surface area contributed by atoms with E-state index in [4.69, 9.17) is 5.11 Å². The highest BCUT2D eigenvalue weighted by atomic mass is 32.1. The van der Waals surface area contributed by atoms with Gasteiger partial charge in [0.2, 0.25) is 0 Å². The Balaban J connectivity index is 3.41. The van der Waals surface area contributed by atoms with Gasteiger partial charge in [-0.1, -0.05) is 63.3 Å². The average molecular weight is 341 g/mol. The fourth-order valence-corrected chi connectivity index (χ4v) is 2.88. The van der Waals surface area contributed by atoms with E-state index in [1.807, 2.05) is 0 Å². The van der Waals surface area contributed by atoms with E-state index in [1.165, 1.54) is 38.5 Å². The Morgan fingerprint density at radius 3 is 2.09 bits per heavy atom. The van der Waals surface area contributed by atoms with Crippen molar-refractivity contribution in [1.29, 1.82) is 0 Å². The van der Waals surface area contributed by atoms with Gasteiger partial charge in [-0.25, -0.2) is 0 Å². The van der Waals surface area contributed by atoms with Gasteiger partial charge in [-0.15, -0.1) is 0 Å². The van der Waals surface area contributed by atoms with Gasteiger partial charge in [0.25, 0.3) is 0 Å². The van der Waals surface area contributed by atoms with Crippen LogP contribution in [0.5, 0.6) is 0 Å². The maximum atomic E-state index is 11.0. The molecule has 0 aromatic carbocycles. The first-order valence-corrected chi connectivity index (χ1v) is 9.99. The fraction of sp³-hybridized carbons (Fsp3) is 0.750. The summed E-state index contributed by atoms with van der Waals surface area (Å²) >= 11 is 4.13. The number of hydrogen-bond donors (Lipinski definition) is 2. The minimum absolute atomic E-state index is 0.198. The summed E-state index contributed by atoms with van der Waals surface area (Å²) in [5.41, 5.74) is 0. The van der Waals surface area contributed by atoms with E-state index < -0.39 is 5.97 Å². The Morgan fingerprint density at radius 1 is 0.913 bits per heavy atom. The van der Waals surface area contributed by atoms with E-state index in [0.29, 0.717) is 12.2 Å². The van der Waals surface area contributed by atoms with Crippen molar-refractivity contribution in [2.75, 3.05) is 5.75 Å². The zero-order valence-corrected chi connectivity index (χ0v) is 15.8. The first-order valence-electron chi connectivity index (χ1n) is 9.36. The largest absolute Gasteiger partial charge is 0.481 e. The molecule has 0 bridgehead atoms. The molecule has 0 aliphatic rings. The lowest BCUT2D eigenvalue weighted by Crippen LogP contribution is -2.14. The number of allylic oxidation sites excluding steroid dienone is 4. The SMILES string of the molecule is CCCCC/C=C\C/C=C\CCCCCCC(CCS)C(=O)O. The Morgan fingerprint density at radius 2 is 1.52 bits per heavy atom. The van der Waals surface area contributed by atoms with Gasteiger partial charge in [0.15, 0.2) is 0 Å². The molecule has 1 atom stereocenters. The van der Waals surface area contributed by atoms with Gasteiger partial charge in [0.05, 0.1) is 5.92 Å². The molecule has 23 heavy (non-hydrogen) atoms. The van der Waals surface area contributed by atoms with Gasteiger partial charge < -0.3 is 5.11 Å². The zero-order chi connectivity index (χ0) is 17.2. The van der Waals surface area contributed by atoms with Crippen molar-refractivity contribution in [1.82, 2.24) is 0 Å². The molecule has 0 saturated carbocycles. The zero-order valence-electron chi connectivity index (χ0n) is 14.9. The number of rotatable bonds is 16. The van der Waals surface area contributed by atoms with E-state index >= 15 is 0 Å². The van der Waals surface area contributed by atoms with E-state index in [-0.39, 0.29) is 5.92 Å². The monoisotopic (exact) mass is 340 g/mol. The van der Waals surface area contributed by atoms with Crippen LogP contribution >= 0.6 is 12.6 Å². The quantitative estimate of drug-likeness (QED) is 0.193. The normalized spacial score (nSPS) is 13.1. The van der Waals surface area contributed by atoms with E-state index in [2.05, 4.69) is 43.9 Å². The van der Waals surface area contributed by atoms with Gasteiger partial charge in [-0.05, 0) is 50.7 Å². The Bertz CT molecular complexity index is 324. The lowest BCUT2D eigenvalue weighted by molar-refractivity contribution is -0.142. The van der Waals surface area contributed by atoms with E-state index in [1.54, 1.807) is 0 Å². The predicted octanol–water partition coefficient (Wildman–Crippen LogP) is 6.43. The topological polar surface area (TPSA) is 37.3 Å². The van der Waals surface area contributed by atoms with Crippen molar-refractivity contribution in [3.63, 3.8) is 0 Å². The number of unbranched alkanes of at least 4 members (excludes halogenated alkanes) is 7. The van der Waals surface area contributed by atoms with Crippen LogP contribution in [0.1, 0.15) is 84.0 Å². The number of carboxylic acid groups (broad SMARTS) is 1. The van der Waals surface area contributed by atoms with Gasteiger partial charge in [-0.2, -0.15) is 12.6 Å². The third kappa shape index (κ3) is 16.0. The number of thiol groups is 1. The molecule has 0 aliphatic heterocycles. The maximum Gasteiger partial charge on any atom is 0.306 e. The molecule has 0 rings (SSSR count). The summed E-state index contributed by atoms with van der Waals surface area (Å²) in [6.07, 6.45) is 22.5. The Labute approximate surface area is 148 Å². The van der Waals surface area contributed by atoms with Crippen LogP contribution in [0.25, 0.3) is 0 Å². The molecule has 0 fully saturated rings. The molecule has 0 radical (unpaired) electrons. The highest BCUT2D eigenvalue weighted by Crippen LogP contribution is 2.16. The van der Waals surface area contributed by atoms with Gasteiger partial charge in [0.1, 0.15) is 0 Å². The van der Waals surface area contributed by atoms with Crippen molar-refractivity contribution in [2.24, 2.45) is 5.92 Å². The minimum Gasteiger partial charge on any atom is -0.481 e. The second-order valence-corrected chi connectivity index (χ2v) is 6.66. The third-order valence-electron chi connectivity index (χ3n) is 4.08. The summed E-state index contributed by atoms with van der Waals surface area (Å²) in [4.78, 5) is 11.0. The van der Waals surface area contributed by atoms with E-state index in [0.717, 1.165) is 32.1 Å². The molecular weight excluding hydrogens is 304 g/mol. The van der Waals surface area contributed by atoms with Crippen LogP contribution in [0.15, 0.2) is 24.3 Å². The Kier molecular flexibility index (Phi) is 17.1. The van der Waals surface area contributed by atoms with Gasteiger partial charge in [0, 0.05) is 0 Å². The second-order valence-electron chi connectivity index (χ2n) is 6.21. The molecule has 0 aromatic heterocycles. The smallest absolute Gasteiger partial charge is 0.306 e. The molecule has 0 spiro atoms. The minimum atomic E-state index is -0.662. The summed E-state index contributed by atoms with van der Waals surface area (Å²) < 4.78 is 0. The summed E-state index contributed by atoms with van der Waals surface area (Å²) in [7, 11) is 0. The van der Waals surface area contributed by atoms with Crippen LogP contribution in [-0.4, -0.2) is 16.8 Å². The summed E-state index contributed by atoms with van der Waals surface area (Å²) in [6, 6.07) is 0. The highest BCUT2D eigenvalue weighted by Gasteiger charge is 2.15. The molecule has 0 amide bonds. The summed E-state index contributed by atoms with van der Waals surface area (Å²) in [5.74, 6) is -0.198. The lowest BCUT2D eigenvalue weighted by atomic mass is 9.98. The molecular formula is C20H36O2S. The van der Waals surface area contributed by atoms with Crippen molar-refractivity contribution < 1.29 is 9.90 Å². The van der Waals surface area contributed by atoms with Gasteiger partial charge in [-0.3, -0.25) is 4.79 Å². The summed E-state index contributed by atoms with van der Waals surface area (Å²) in [5, 5.41) is 9.06. The first kappa shape index (κ1) is 22.3. The van der Waals surface area contributed by atoms with Crippen LogP contribution in [0.3, 0.4) is 0 Å². The molecule has 2 nitrogen and oxygen atoms in total. The van der Waals surface area contributed by atoms with Crippen molar-refractivity contribution in [3.05, 3.63) is 24.3 Å². The molecule has 0 aliphatic carbocycles. The molecule has 1 unspecified atom stereocenters. The average Bonchev–Trinajstić information content (AvgIpc) is 2.54. The maximum absolute atomic E-state index is 11.0. The van der Waals surface area contributed by atoms with Crippen molar-refractivity contribution >= 4 is 18.6 Å². The van der Waals surface area contributed by atoms with Crippen molar-refractivity contribution in [2.45, 2.75) is 84.0 Å². The molecule has 1 N–H and O–H groups in total. The summed E-state index contributed by atoms with van der Waals surface area (Å²) in [6.45, 7) is 2.24. The number of aliphatic carboxylic acids is 1. The molecule has 0 heterocycles. The highest BCUT2D eigenvalue weighted by molar-refractivity contribution is 7.80. The number of carboxylic acids is 1. The number of hydrogen-bond acceptors (Lipinski definition) is 2. The van der Waals surface area contributed by atoms with Crippen LogP contribution in [0.2, 0.25) is 0 Å². The molecule has 3 heteroatoms. The van der Waals surface area contributed by atoms with E-state index in [9.17, 15) is 4.79 Å². The standard InChI is InChI=1S/C20H36O2S/c1-2-3-4-5-6-7-8-9-10-11-12-13-14-15-16-19(17-18-23)20(21)22/h6-7,9-10,19,23H,2-5,8,11-18H2,1H3,(H,21,22)/b7-6-,10-9-. The van der Waals surface area contributed by atoms with Crippen LogP contribution in [-0.2, 0) is 4.79 Å². The molecule has 0 aromatic rings. The first-order chi connectivity index (χ1) is 11.2. The number of carbonyl (C=O) groups is 1. The van der Waals surface area contributed by atoms with Crippen LogP contribution in [0, 0.1) is 5.92 Å². The fourth-order valence-electron chi connectivity index (χ4n) is 2.57. The Hall–Kier alpha value is -0.700. The molecule has 134 valence electrons. The molecule has 0 saturated heterocycles. The van der Waals surface area contributed by atoms with Gasteiger partial charge >= 0.3 is 5.97 Å². The lowest BCUT2D eigenvalue weighted by Gasteiger charge is -2.10. The van der Waals surface area contributed by atoms with Crippen LogP contribution < -0.4 is 0 Å². The predicted molar refractivity (Wildman–Crippen MR) is 104 cm³/mol. The van der Waals surface area contributed by atoms with Crippen LogP contribution in [0.4, 0.5) is 0 Å². The van der Waals surface area contributed by atoms with Crippen molar-refractivity contribution in [3.8, 4) is 0 Å².